The molecule has 0 aromatic heterocycles. The summed E-state index contributed by atoms with van der Waals surface area (Å²) in [6.07, 6.45) is 0.852. The molecule has 3 aromatic rings. The summed E-state index contributed by atoms with van der Waals surface area (Å²) >= 11 is 6.02. The van der Waals surface area contributed by atoms with E-state index in [4.69, 9.17) is 16.6 Å². The molecule has 1 aliphatic rings. The molecular weight excluding hydrogens is 410 g/mol. The van der Waals surface area contributed by atoms with Crippen molar-refractivity contribution in [3.63, 3.8) is 0 Å². The van der Waals surface area contributed by atoms with Crippen LogP contribution in [0.5, 0.6) is 0 Å². The molecule has 0 bridgehead atoms. The largest absolute Gasteiger partial charge is 0.352 e. The number of fused-ring (bicyclic) bond motifs is 1. The van der Waals surface area contributed by atoms with Crippen LogP contribution in [0.1, 0.15) is 40.7 Å². The van der Waals surface area contributed by atoms with Gasteiger partial charge in [0, 0.05) is 22.8 Å². The van der Waals surface area contributed by atoms with Crippen LogP contribution >= 0.6 is 11.6 Å². The number of nitrogens with zero attached hydrogens (tertiary/aromatic N) is 1. The van der Waals surface area contributed by atoms with Crippen LogP contribution in [0.2, 0.25) is 5.02 Å². The maximum absolute atomic E-state index is 13.0. The molecule has 1 atom stereocenters. The van der Waals surface area contributed by atoms with E-state index >= 15 is 0 Å². The summed E-state index contributed by atoms with van der Waals surface area (Å²) in [4.78, 5) is 30.3. The summed E-state index contributed by atoms with van der Waals surface area (Å²) in [6, 6.07) is 22.0. The summed E-state index contributed by atoms with van der Waals surface area (Å²) in [5, 5.41) is 6.43. The third-order valence-electron chi connectivity index (χ3n) is 5.10. The molecule has 0 saturated heterocycles. The van der Waals surface area contributed by atoms with E-state index in [2.05, 4.69) is 10.6 Å². The van der Waals surface area contributed by atoms with E-state index in [1.165, 1.54) is 0 Å². The van der Waals surface area contributed by atoms with Crippen LogP contribution in [0.25, 0.3) is 0 Å². The zero-order chi connectivity index (χ0) is 21.8. The fourth-order valence-corrected chi connectivity index (χ4v) is 3.70. The normalized spacial score (nSPS) is 15.4. The molecule has 0 radical (unpaired) electrons. The Kier molecular flexibility index (Phi) is 6.14. The molecule has 1 heterocycles. The number of carbonyl (C=O) groups is 2. The third kappa shape index (κ3) is 4.52. The molecule has 1 unspecified atom stereocenters. The number of nitrogens with one attached hydrogen (secondary N) is 2. The van der Waals surface area contributed by atoms with Crippen molar-refractivity contribution in [3.8, 4) is 0 Å². The summed E-state index contributed by atoms with van der Waals surface area (Å²) in [7, 11) is 0. The van der Waals surface area contributed by atoms with Crippen molar-refractivity contribution in [3.05, 3.63) is 94.5 Å². The van der Waals surface area contributed by atoms with Gasteiger partial charge in [-0.3, -0.25) is 14.6 Å². The first-order valence-electron chi connectivity index (χ1n) is 10.2. The van der Waals surface area contributed by atoms with Gasteiger partial charge in [-0.1, -0.05) is 48.9 Å². The zero-order valence-corrected chi connectivity index (χ0v) is 17.8. The molecule has 2 amide bonds. The molecule has 0 aliphatic carbocycles. The number of benzene rings is 3. The first-order valence-corrected chi connectivity index (χ1v) is 10.6. The molecule has 1 aliphatic heterocycles. The lowest BCUT2D eigenvalue weighted by molar-refractivity contribution is -0.115. The highest BCUT2D eigenvalue weighted by atomic mass is 35.5. The molecular formula is C25H22ClN3O2. The monoisotopic (exact) mass is 431 g/mol. The second-order valence-electron chi connectivity index (χ2n) is 7.32. The van der Waals surface area contributed by atoms with Gasteiger partial charge >= 0.3 is 0 Å². The standard InChI is InChI=1S/C25H22ClN3O2/c1-2-14-27-24(30)17-8-13-21-20(15-17)22(25(31)29-21)23(16-6-4-3-5-7-16)28-19-11-9-18(26)10-12-19/h3-13,15,22H,2,14H2,1H3,(H,27,30)(H,29,31). The average Bonchev–Trinajstić information content (AvgIpc) is 3.12. The van der Waals surface area contributed by atoms with E-state index in [-0.39, 0.29) is 11.8 Å². The zero-order valence-electron chi connectivity index (χ0n) is 17.1. The quantitative estimate of drug-likeness (QED) is 0.517. The Hall–Kier alpha value is -3.44. The van der Waals surface area contributed by atoms with Crippen molar-refractivity contribution in [2.45, 2.75) is 19.3 Å². The van der Waals surface area contributed by atoms with Crippen molar-refractivity contribution < 1.29 is 9.59 Å². The Morgan fingerprint density at radius 3 is 2.48 bits per heavy atom. The van der Waals surface area contributed by atoms with Crippen LogP contribution in [-0.4, -0.2) is 24.1 Å². The predicted molar refractivity (Wildman–Crippen MR) is 125 cm³/mol. The smallest absolute Gasteiger partial charge is 0.251 e. The minimum absolute atomic E-state index is 0.154. The Labute approximate surface area is 186 Å². The fraction of sp³-hybridized carbons (Fsp3) is 0.160. The molecule has 4 rings (SSSR count). The van der Waals surface area contributed by atoms with Gasteiger partial charge in [-0.25, -0.2) is 0 Å². The summed E-state index contributed by atoms with van der Waals surface area (Å²) in [6.45, 7) is 2.60. The van der Waals surface area contributed by atoms with Crippen LogP contribution in [0.3, 0.4) is 0 Å². The van der Waals surface area contributed by atoms with Gasteiger partial charge in [0.05, 0.1) is 11.4 Å². The van der Waals surface area contributed by atoms with E-state index in [1.54, 1.807) is 30.3 Å². The summed E-state index contributed by atoms with van der Waals surface area (Å²) in [5.41, 5.74) is 4.11. The highest BCUT2D eigenvalue weighted by Crippen LogP contribution is 2.37. The average molecular weight is 432 g/mol. The number of carbonyl (C=O) groups excluding carboxylic acids is 2. The first-order chi connectivity index (χ1) is 15.1. The van der Waals surface area contributed by atoms with E-state index in [9.17, 15) is 9.59 Å². The topological polar surface area (TPSA) is 70.6 Å². The van der Waals surface area contributed by atoms with Crippen molar-refractivity contribution in [1.82, 2.24) is 5.32 Å². The lowest BCUT2D eigenvalue weighted by atomic mass is 9.89. The van der Waals surface area contributed by atoms with Gasteiger partial charge in [-0.05, 0) is 60.0 Å². The van der Waals surface area contributed by atoms with Gasteiger partial charge in [-0.15, -0.1) is 0 Å². The maximum atomic E-state index is 13.0. The minimum Gasteiger partial charge on any atom is -0.352 e. The summed E-state index contributed by atoms with van der Waals surface area (Å²) < 4.78 is 0. The fourth-order valence-electron chi connectivity index (χ4n) is 3.57. The highest BCUT2D eigenvalue weighted by Gasteiger charge is 2.36. The van der Waals surface area contributed by atoms with Crippen molar-refractivity contribution in [2.24, 2.45) is 4.99 Å². The van der Waals surface area contributed by atoms with E-state index in [0.29, 0.717) is 34.2 Å². The first kappa shape index (κ1) is 20.8. The molecule has 0 spiro atoms. The highest BCUT2D eigenvalue weighted by molar-refractivity contribution is 6.30. The predicted octanol–water partition coefficient (Wildman–Crippen LogP) is 5.34. The van der Waals surface area contributed by atoms with E-state index in [1.807, 2.05) is 49.4 Å². The second kappa shape index (κ2) is 9.14. The number of rotatable bonds is 6. The molecule has 6 heteroatoms. The SMILES string of the molecule is CCCNC(=O)c1ccc2c(c1)C(C(=Nc1ccc(Cl)cc1)c1ccccc1)C(=O)N2. The molecule has 2 N–H and O–H groups in total. The Bertz CT molecular complexity index is 1140. The van der Waals surface area contributed by atoms with Crippen LogP contribution in [0.15, 0.2) is 77.8 Å². The molecule has 3 aromatic carbocycles. The minimum atomic E-state index is -0.632. The maximum Gasteiger partial charge on any atom is 0.251 e. The van der Waals surface area contributed by atoms with Crippen LogP contribution in [-0.2, 0) is 4.79 Å². The van der Waals surface area contributed by atoms with Gasteiger partial charge in [0.2, 0.25) is 5.91 Å². The number of amides is 2. The number of hydrogen-bond acceptors (Lipinski definition) is 3. The number of anilines is 1. The number of halogens is 1. The summed E-state index contributed by atoms with van der Waals surface area (Å²) in [5.74, 6) is -0.955. The van der Waals surface area contributed by atoms with Gasteiger partial charge in [0.25, 0.3) is 5.91 Å². The lowest BCUT2D eigenvalue weighted by Crippen LogP contribution is -2.24. The lowest BCUT2D eigenvalue weighted by Gasteiger charge is -2.15. The van der Waals surface area contributed by atoms with Crippen molar-refractivity contribution >= 4 is 40.5 Å². The molecule has 156 valence electrons. The van der Waals surface area contributed by atoms with Crippen LogP contribution < -0.4 is 10.6 Å². The second-order valence-corrected chi connectivity index (χ2v) is 7.76. The van der Waals surface area contributed by atoms with Gasteiger partial charge in [-0.2, -0.15) is 0 Å². The Balaban J connectivity index is 1.80. The molecule has 0 fully saturated rings. The Morgan fingerprint density at radius 2 is 1.77 bits per heavy atom. The van der Waals surface area contributed by atoms with Crippen molar-refractivity contribution in [1.29, 1.82) is 0 Å². The Morgan fingerprint density at radius 1 is 1.03 bits per heavy atom. The molecule has 31 heavy (non-hydrogen) atoms. The van der Waals surface area contributed by atoms with Gasteiger partial charge in [0.15, 0.2) is 0 Å². The van der Waals surface area contributed by atoms with Gasteiger partial charge in [0.1, 0.15) is 5.92 Å². The number of hydrogen-bond donors (Lipinski definition) is 2. The van der Waals surface area contributed by atoms with Crippen LogP contribution in [0, 0.1) is 0 Å². The molecule has 0 saturated carbocycles. The van der Waals surface area contributed by atoms with E-state index in [0.717, 1.165) is 17.5 Å². The molecule has 5 nitrogen and oxygen atoms in total. The van der Waals surface area contributed by atoms with Crippen LogP contribution in [0.4, 0.5) is 11.4 Å². The number of aliphatic imine (C=N–C) groups is 1. The van der Waals surface area contributed by atoms with E-state index < -0.39 is 5.92 Å². The van der Waals surface area contributed by atoms with Crippen molar-refractivity contribution in [2.75, 3.05) is 11.9 Å². The third-order valence-corrected chi connectivity index (χ3v) is 5.35. The van der Waals surface area contributed by atoms with Gasteiger partial charge < -0.3 is 10.6 Å².